The fourth-order valence-corrected chi connectivity index (χ4v) is 1.64. The summed E-state index contributed by atoms with van der Waals surface area (Å²) in [6.45, 7) is 11.8. The van der Waals surface area contributed by atoms with Crippen LogP contribution in [0.1, 0.15) is 40.5 Å². The first kappa shape index (κ1) is 10.0. The van der Waals surface area contributed by atoms with Crippen molar-refractivity contribution in [3.05, 3.63) is 0 Å². The van der Waals surface area contributed by atoms with E-state index in [4.69, 9.17) is 0 Å². The van der Waals surface area contributed by atoms with E-state index in [1.165, 1.54) is 25.9 Å². The predicted molar refractivity (Wildman–Crippen MR) is 54.3 cm³/mol. The maximum absolute atomic E-state index is 2.63. The van der Waals surface area contributed by atoms with E-state index < -0.39 is 0 Å². The SMILES string of the molecule is CCN(CC1CC1)C(C)C(C)C. The lowest BCUT2D eigenvalue weighted by Crippen LogP contribution is -2.37. The van der Waals surface area contributed by atoms with Crippen LogP contribution in [-0.2, 0) is 0 Å². The summed E-state index contributed by atoms with van der Waals surface area (Å²) in [5, 5.41) is 0. The van der Waals surface area contributed by atoms with E-state index in [0.29, 0.717) is 0 Å². The molecule has 0 N–H and O–H groups in total. The molecule has 0 aromatic heterocycles. The summed E-state index contributed by atoms with van der Waals surface area (Å²) in [6.07, 6.45) is 2.95. The van der Waals surface area contributed by atoms with Crippen LogP contribution in [0.25, 0.3) is 0 Å². The zero-order valence-corrected chi connectivity index (χ0v) is 9.01. The van der Waals surface area contributed by atoms with Crippen LogP contribution in [0, 0.1) is 11.8 Å². The molecule has 12 heavy (non-hydrogen) atoms. The summed E-state index contributed by atoms with van der Waals surface area (Å²) in [5.41, 5.74) is 0. The van der Waals surface area contributed by atoms with E-state index in [1.807, 2.05) is 0 Å². The molecule has 72 valence electrons. The topological polar surface area (TPSA) is 3.24 Å². The molecule has 1 heteroatoms. The lowest BCUT2D eigenvalue weighted by Gasteiger charge is -2.30. The van der Waals surface area contributed by atoms with Crippen LogP contribution < -0.4 is 0 Å². The Labute approximate surface area is 77.1 Å². The van der Waals surface area contributed by atoms with E-state index in [0.717, 1.165) is 17.9 Å². The van der Waals surface area contributed by atoms with Gasteiger partial charge in [0.05, 0.1) is 0 Å². The van der Waals surface area contributed by atoms with Crippen molar-refractivity contribution in [2.24, 2.45) is 11.8 Å². The van der Waals surface area contributed by atoms with Gasteiger partial charge in [0.2, 0.25) is 0 Å². The van der Waals surface area contributed by atoms with E-state index >= 15 is 0 Å². The summed E-state index contributed by atoms with van der Waals surface area (Å²) in [5.74, 6) is 1.83. The highest BCUT2D eigenvalue weighted by atomic mass is 15.2. The number of nitrogens with zero attached hydrogens (tertiary/aromatic N) is 1. The Morgan fingerprint density at radius 1 is 1.25 bits per heavy atom. The molecule has 1 unspecified atom stereocenters. The van der Waals surface area contributed by atoms with Crippen molar-refractivity contribution in [2.45, 2.75) is 46.6 Å². The van der Waals surface area contributed by atoms with Gasteiger partial charge in [-0.1, -0.05) is 20.8 Å². The molecule has 1 atom stereocenters. The van der Waals surface area contributed by atoms with Gasteiger partial charge in [-0.15, -0.1) is 0 Å². The van der Waals surface area contributed by atoms with Crippen LogP contribution >= 0.6 is 0 Å². The van der Waals surface area contributed by atoms with Gasteiger partial charge < -0.3 is 4.90 Å². The molecule has 1 saturated carbocycles. The molecule has 1 nitrogen and oxygen atoms in total. The van der Waals surface area contributed by atoms with E-state index in [1.54, 1.807) is 0 Å². The molecular formula is C11H23N. The Morgan fingerprint density at radius 3 is 2.17 bits per heavy atom. The van der Waals surface area contributed by atoms with Gasteiger partial charge in [0.15, 0.2) is 0 Å². The number of hydrogen-bond donors (Lipinski definition) is 0. The molecule has 0 radical (unpaired) electrons. The van der Waals surface area contributed by atoms with E-state index in [2.05, 4.69) is 32.6 Å². The molecule has 0 amide bonds. The monoisotopic (exact) mass is 169 g/mol. The molecule has 1 fully saturated rings. The van der Waals surface area contributed by atoms with Crippen molar-refractivity contribution in [3.63, 3.8) is 0 Å². The second kappa shape index (κ2) is 4.27. The molecule has 0 heterocycles. The summed E-state index contributed by atoms with van der Waals surface area (Å²) >= 11 is 0. The zero-order chi connectivity index (χ0) is 9.14. The Kier molecular flexibility index (Phi) is 3.57. The average Bonchev–Trinajstić information content (AvgIpc) is 2.82. The fraction of sp³-hybridized carbons (Fsp3) is 1.00. The highest BCUT2D eigenvalue weighted by molar-refractivity contribution is 4.80. The van der Waals surface area contributed by atoms with Crippen LogP contribution in [0.3, 0.4) is 0 Å². The van der Waals surface area contributed by atoms with E-state index in [-0.39, 0.29) is 0 Å². The minimum absolute atomic E-state index is 0.760. The van der Waals surface area contributed by atoms with Crippen molar-refractivity contribution >= 4 is 0 Å². The first-order chi connectivity index (χ1) is 5.65. The van der Waals surface area contributed by atoms with Crippen LogP contribution in [0.4, 0.5) is 0 Å². The van der Waals surface area contributed by atoms with Gasteiger partial charge in [0.1, 0.15) is 0 Å². The lowest BCUT2D eigenvalue weighted by atomic mass is 10.0. The third-order valence-corrected chi connectivity index (χ3v) is 3.14. The quantitative estimate of drug-likeness (QED) is 0.611. The molecule has 0 aliphatic heterocycles. The standard InChI is InChI=1S/C11H23N/c1-5-12(8-11-6-7-11)10(4)9(2)3/h9-11H,5-8H2,1-4H3. The maximum Gasteiger partial charge on any atom is 0.00899 e. The summed E-state index contributed by atoms with van der Waals surface area (Å²) in [7, 11) is 0. The molecule has 0 spiro atoms. The first-order valence-electron chi connectivity index (χ1n) is 5.39. The normalized spacial score (nSPS) is 20.5. The smallest absolute Gasteiger partial charge is 0.00899 e. The van der Waals surface area contributed by atoms with Gasteiger partial charge in [-0.2, -0.15) is 0 Å². The fourth-order valence-electron chi connectivity index (χ4n) is 1.64. The Bertz CT molecular complexity index is 127. The Morgan fingerprint density at radius 2 is 1.83 bits per heavy atom. The molecule has 1 rings (SSSR count). The highest BCUT2D eigenvalue weighted by Crippen LogP contribution is 2.30. The van der Waals surface area contributed by atoms with E-state index in [9.17, 15) is 0 Å². The third kappa shape index (κ3) is 2.78. The van der Waals surface area contributed by atoms with Gasteiger partial charge in [-0.25, -0.2) is 0 Å². The summed E-state index contributed by atoms with van der Waals surface area (Å²) in [4.78, 5) is 2.63. The molecule has 1 aliphatic rings. The highest BCUT2D eigenvalue weighted by Gasteiger charge is 2.26. The summed E-state index contributed by atoms with van der Waals surface area (Å²) in [6, 6.07) is 0.760. The molecule has 0 aromatic carbocycles. The third-order valence-electron chi connectivity index (χ3n) is 3.14. The second-order valence-corrected chi connectivity index (χ2v) is 4.52. The largest absolute Gasteiger partial charge is 0.300 e. The lowest BCUT2D eigenvalue weighted by molar-refractivity contribution is 0.170. The van der Waals surface area contributed by atoms with Crippen molar-refractivity contribution in [1.82, 2.24) is 4.90 Å². The average molecular weight is 169 g/mol. The first-order valence-corrected chi connectivity index (χ1v) is 5.39. The summed E-state index contributed by atoms with van der Waals surface area (Å²) < 4.78 is 0. The van der Waals surface area contributed by atoms with Gasteiger partial charge >= 0.3 is 0 Å². The van der Waals surface area contributed by atoms with Crippen LogP contribution in [0.5, 0.6) is 0 Å². The molecular weight excluding hydrogens is 146 g/mol. The molecule has 0 aromatic rings. The zero-order valence-electron chi connectivity index (χ0n) is 9.01. The van der Waals surface area contributed by atoms with Crippen LogP contribution in [0.2, 0.25) is 0 Å². The molecule has 0 bridgehead atoms. The Hall–Kier alpha value is -0.0400. The second-order valence-electron chi connectivity index (χ2n) is 4.52. The van der Waals surface area contributed by atoms with Crippen LogP contribution in [-0.4, -0.2) is 24.0 Å². The minimum atomic E-state index is 0.760. The van der Waals surface area contributed by atoms with Gasteiger partial charge in [0, 0.05) is 12.6 Å². The van der Waals surface area contributed by atoms with Crippen molar-refractivity contribution in [1.29, 1.82) is 0 Å². The van der Waals surface area contributed by atoms with Crippen molar-refractivity contribution in [3.8, 4) is 0 Å². The van der Waals surface area contributed by atoms with Gasteiger partial charge in [-0.05, 0) is 38.1 Å². The van der Waals surface area contributed by atoms with Gasteiger partial charge in [-0.3, -0.25) is 0 Å². The maximum atomic E-state index is 2.63. The van der Waals surface area contributed by atoms with Crippen LogP contribution in [0.15, 0.2) is 0 Å². The van der Waals surface area contributed by atoms with Gasteiger partial charge in [0.25, 0.3) is 0 Å². The predicted octanol–water partition coefficient (Wildman–Crippen LogP) is 2.76. The Balaban J connectivity index is 2.31. The number of hydrogen-bond acceptors (Lipinski definition) is 1. The molecule has 1 aliphatic carbocycles. The van der Waals surface area contributed by atoms with Crippen molar-refractivity contribution < 1.29 is 0 Å². The number of rotatable bonds is 5. The van der Waals surface area contributed by atoms with Crippen molar-refractivity contribution in [2.75, 3.05) is 13.1 Å². The minimum Gasteiger partial charge on any atom is -0.300 e. The molecule has 0 saturated heterocycles.